The average Bonchev–Trinajstić information content (AvgIpc) is 2.77. The Bertz CT molecular complexity index is 409. The molecular weight excluding hydrogens is 266 g/mol. The fourth-order valence-electron chi connectivity index (χ4n) is 2.92. The summed E-state index contributed by atoms with van der Waals surface area (Å²) in [4.78, 5) is 3.02. The van der Waals surface area contributed by atoms with Crippen molar-refractivity contribution in [3.8, 4) is 0 Å². The van der Waals surface area contributed by atoms with E-state index in [1.807, 2.05) is 11.3 Å². The highest BCUT2D eigenvalue weighted by molar-refractivity contribution is 7.12. The fourth-order valence-corrected chi connectivity index (χ4v) is 4.20. The van der Waals surface area contributed by atoms with Crippen LogP contribution in [0.1, 0.15) is 68.3 Å². The molecule has 1 aromatic rings. The van der Waals surface area contributed by atoms with Gasteiger partial charge in [0.15, 0.2) is 0 Å². The molecule has 2 atom stereocenters. The molecule has 0 aromatic carbocycles. The van der Waals surface area contributed by atoms with Crippen molar-refractivity contribution in [3.05, 3.63) is 21.4 Å². The van der Waals surface area contributed by atoms with Crippen molar-refractivity contribution in [2.45, 2.75) is 71.9 Å². The summed E-state index contributed by atoms with van der Waals surface area (Å²) in [5.41, 5.74) is 1.76. The van der Waals surface area contributed by atoms with Crippen molar-refractivity contribution in [1.82, 2.24) is 5.32 Å². The van der Waals surface area contributed by atoms with Crippen LogP contribution in [0, 0.1) is 5.41 Å². The van der Waals surface area contributed by atoms with Crippen LogP contribution in [0.25, 0.3) is 0 Å². The number of nitrogens with one attached hydrogen (secondary N) is 1. The predicted octanol–water partition coefficient (Wildman–Crippen LogP) is 4.07. The highest BCUT2D eigenvalue weighted by atomic mass is 32.1. The second-order valence-electron chi connectivity index (χ2n) is 7.35. The van der Waals surface area contributed by atoms with Crippen LogP contribution in [0.2, 0.25) is 0 Å². The van der Waals surface area contributed by atoms with Crippen LogP contribution in [0.5, 0.6) is 0 Å². The van der Waals surface area contributed by atoms with E-state index in [0.717, 1.165) is 6.42 Å². The van der Waals surface area contributed by atoms with Crippen LogP contribution >= 0.6 is 11.3 Å². The number of fused-ring (bicyclic) bond motifs is 1. The van der Waals surface area contributed by atoms with E-state index in [0.29, 0.717) is 12.6 Å². The smallest absolute Gasteiger partial charge is 0.0669 e. The lowest BCUT2D eigenvalue weighted by molar-refractivity contribution is 0.117. The van der Waals surface area contributed by atoms with Crippen molar-refractivity contribution in [1.29, 1.82) is 0 Å². The third-order valence-electron chi connectivity index (χ3n) is 3.95. The maximum absolute atomic E-state index is 10.1. The van der Waals surface area contributed by atoms with Gasteiger partial charge in [-0.15, -0.1) is 11.3 Å². The number of hydrogen-bond donors (Lipinski definition) is 2. The standard InChI is InChI=1S/C17H29NOS/c1-12(18-11-14(19)10-17(2,3)4)16-9-13-7-5-6-8-15(13)20-16/h9,12,14,18-19H,5-8,10-11H2,1-4H3. The molecule has 0 saturated carbocycles. The van der Waals surface area contributed by atoms with E-state index < -0.39 is 0 Å². The summed E-state index contributed by atoms with van der Waals surface area (Å²) in [6, 6.07) is 2.73. The zero-order valence-electron chi connectivity index (χ0n) is 13.3. The van der Waals surface area contributed by atoms with Gasteiger partial charge >= 0.3 is 0 Å². The molecule has 0 amide bonds. The average molecular weight is 295 g/mol. The van der Waals surface area contributed by atoms with Gasteiger partial charge in [0.2, 0.25) is 0 Å². The van der Waals surface area contributed by atoms with E-state index in [1.165, 1.54) is 30.6 Å². The number of rotatable bonds is 5. The first-order valence-electron chi connectivity index (χ1n) is 7.88. The number of thiophene rings is 1. The molecular formula is C17H29NOS. The van der Waals surface area contributed by atoms with E-state index in [9.17, 15) is 5.11 Å². The number of aliphatic hydroxyl groups is 1. The van der Waals surface area contributed by atoms with E-state index >= 15 is 0 Å². The Morgan fingerprint density at radius 2 is 2.00 bits per heavy atom. The topological polar surface area (TPSA) is 32.3 Å². The van der Waals surface area contributed by atoms with Gasteiger partial charge in [0.05, 0.1) is 6.10 Å². The Balaban J connectivity index is 1.85. The van der Waals surface area contributed by atoms with E-state index in [2.05, 4.69) is 39.1 Å². The van der Waals surface area contributed by atoms with Crippen LogP contribution in [-0.4, -0.2) is 17.8 Å². The zero-order valence-corrected chi connectivity index (χ0v) is 14.1. The molecule has 1 aliphatic carbocycles. The third kappa shape index (κ3) is 4.57. The summed E-state index contributed by atoms with van der Waals surface area (Å²) >= 11 is 1.96. The minimum Gasteiger partial charge on any atom is -0.392 e. The van der Waals surface area contributed by atoms with Gasteiger partial charge in [-0.2, -0.15) is 0 Å². The minimum absolute atomic E-state index is 0.187. The maximum Gasteiger partial charge on any atom is 0.0669 e. The lowest BCUT2D eigenvalue weighted by atomic mass is 9.89. The molecule has 0 aliphatic heterocycles. The summed E-state index contributed by atoms with van der Waals surface area (Å²) in [7, 11) is 0. The van der Waals surface area contributed by atoms with Crippen LogP contribution < -0.4 is 5.32 Å². The normalized spacial score (nSPS) is 18.6. The van der Waals surface area contributed by atoms with Gasteiger partial charge in [0.1, 0.15) is 0 Å². The zero-order chi connectivity index (χ0) is 14.8. The lowest BCUT2D eigenvalue weighted by Crippen LogP contribution is -2.31. The molecule has 2 nitrogen and oxygen atoms in total. The van der Waals surface area contributed by atoms with Crippen molar-refractivity contribution < 1.29 is 5.11 Å². The highest BCUT2D eigenvalue weighted by Crippen LogP contribution is 2.32. The molecule has 0 saturated heterocycles. The Hall–Kier alpha value is -0.380. The van der Waals surface area contributed by atoms with Crippen molar-refractivity contribution in [3.63, 3.8) is 0 Å². The van der Waals surface area contributed by atoms with Crippen molar-refractivity contribution in [2.75, 3.05) is 6.54 Å². The Kier molecular flexibility index (Phi) is 5.27. The molecule has 20 heavy (non-hydrogen) atoms. The molecule has 114 valence electrons. The summed E-state index contributed by atoms with van der Waals surface area (Å²) in [5.74, 6) is 0. The monoisotopic (exact) mass is 295 g/mol. The molecule has 3 heteroatoms. The van der Waals surface area contributed by atoms with Gasteiger partial charge in [-0.05, 0) is 56.1 Å². The maximum atomic E-state index is 10.1. The quantitative estimate of drug-likeness (QED) is 0.858. The lowest BCUT2D eigenvalue weighted by Gasteiger charge is -2.23. The summed E-state index contributed by atoms with van der Waals surface area (Å²) in [6.07, 6.45) is 5.79. The SMILES string of the molecule is CC(NCC(O)CC(C)(C)C)c1cc2c(s1)CCCC2. The second-order valence-corrected chi connectivity index (χ2v) is 8.52. The van der Waals surface area contributed by atoms with Crippen molar-refractivity contribution >= 4 is 11.3 Å². The van der Waals surface area contributed by atoms with Crippen LogP contribution in [0.3, 0.4) is 0 Å². The van der Waals surface area contributed by atoms with E-state index in [-0.39, 0.29) is 11.5 Å². The Labute approximate surface area is 127 Å². The van der Waals surface area contributed by atoms with Gasteiger partial charge in [-0.3, -0.25) is 0 Å². The fraction of sp³-hybridized carbons (Fsp3) is 0.765. The first-order chi connectivity index (χ1) is 9.35. The first-order valence-corrected chi connectivity index (χ1v) is 8.70. The van der Waals surface area contributed by atoms with Gasteiger partial charge in [0.25, 0.3) is 0 Å². The molecule has 0 fully saturated rings. The molecule has 2 N–H and O–H groups in total. The molecule has 0 bridgehead atoms. The molecule has 1 heterocycles. The number of hydrogen-bond acceptors (Lipinski definition) is 3. The number of aliphatic hydroxyl groups excluding tert-OH is 1. The van der Waals surface area contributed by atoms with E-state index in [4.69, 9.17) is 0 Å². The van der Waals surface area contributed by atoms with Crippen LogP contribution in [-0.2, 0) is 12.8 Å². The highest BCUT2D eigenvalue weighted by Gasteiger charge is 2.19. The van der Waals surface area contributed by atoms with Gasteiger partial charge in [0, 0.05) is 22.3 Å². The predicted molar refractivity (Wildman–Crippen MR) is 87.5 cm³/mol. The summed E-state index contributed by atoms with van der Waals surface area (Å²) in [5, 5.41) is 13.6. The molecule has 1 aromatic heterocycles. The van der Waals surface area contributed by atoms with Gasteiger partial charge in [-0.1, -0.05) is 20.8 Å². The first kappa shape index (κ1) is 16.0. The Morgan fingerprint density at radius 1 is 1.30 bits per heavy atom. The van der Waals surface area contributed by atoms with E-state index in [1.54, 1.807) is 10.4 Å². The summed E-state index contributed by atoms with van der Waals surface area (Å²) in [6.45, 7) is 9.41. The largest absolute Gasteiger partial charge is 0.392 e. The summed E-state index contributed by atoms with van der Waals surface area (Å²) < 4.78 is 0. The number of aryl methyl sites for hydroxylation is 2. The third-order valence-corrected chi connectivity index (χ3v) is 5.37. The molecule has 2 unspecified atom stereocenters. The van der Waals surface area contributed by atoms with Crippen molar-refractivity contribution in [2.24, 2.45) is 5.41 Å². The van der Waals surface area contributed by atoms with Gasteiger partial charge in [-0.25, -0.2) is 0 Å². The second kappa shape index (κ2) is 6.59. The van der Waals surface area contributed by atoms with Crippen LogP contribution in [0.4, 0.5) is 0 Å². The molecule has 1 aliphatic rings. The Morgan fingerprint density at radius 3 is 2.65 bits per heavy atom. The minimum atomic E-state index is -0.257. The molecule has 2 rings (SSSR count). The molecule has 0 spiro atoms. The molecule has 0 radical (unpaired) electrons. The van der Waals surface area contributed by atoms with Gasteiger partial charge < -0.3 is 10.4 Å². The van der Waals surface area contributed by atoms with Crippen LogP contribution in [0.15, 0.2) is 6.07 Å².